The van der Waals surface area contributed by atoms with Gasteiger partial charge in [-0.15, -0.1) is 0 Å². The molecule has 2 aromatic rings. The number of unbranched alkanes of at least 4 members (excludes halogenated alkanes) is 1. The van der Waals surface area contributed by atoms with Crippen LogP contribution < -0.4 is 24.8 Å². The van der Waals surface area contributed by atoms with Crippen LogP contribution in [0, 0.1) is 5.82 Å². The standard InChI is InChI=1S/C20H20ClFN2O5/c21-14-8-7-13(11-15(14)22)27-12-18(25)23-9-3-4-10-24-19(26)20-28-16-5-1-2-6-17(16)29-20/h1-2,5-8,11,20H,3-4,9-10,12H2,(H,23,25)(H,24,26). The number of benzene rings is 2. The van der Waals surface area contributed by atoms with Gasteiger partial charge in [-0.3, -0.25) is 9.59 Å². The molecule has 1 aliphatic heterocycles. The van der Waals surface area contributed by atoms with E-state index in [1.165, 1.54) is 12.1 Å². The summed E-state index contributed by atoms with van der Waals surface area (Å²) in [4.78, 5) is 23.8. The third kappa shape index (κ3) is 5.99. The summed E-state index contributed by atoms with van der Waals surface area (Å²) in [5, 5.41) is 5.41. The van der Waals surface area contributed by atoms with Crippen LogP contribution in [0.4, 0.5) is 4.39 Å². The maximum absolute atomic E-state index is 13.3. The Bertz CT molecular complexity index is 855. The van der Waals surface area contributed by atoms with Crippen LogP contribution in [0.15, 0.2) is 42.5 Å². The molecule has 9 heteroatoms. The van der Waals surface area contributed by atoms with E-state index in [0.717, 1.165) is 6.07 Å². The first kappa shape index (κ1) is 20.7. The molecule has 2 amide bonds. The quantitative estimate of drug-likeness (QED) is 0.607. The van der Waals surface area contributed by atoms with Crippen molar-refractivity contribution in [3.63, 3.8) is 0 Å². The van der Waals surface area contributed by atoms with Crippen molar-refractivity contribution in [2.45, 2.75) is 19.1 Å². The first-order valence-corrected chi connectivity index (χ1v) is 9.45. The number of hydrogen-bond acceptors (Lipinski definition) is 5. The highest BCUT2D eigenvalue weighted by atomic mass is 35.5. The highest BCUT2D eigenvalue weighted by molar-refractivity contribution is 6.30. The van der Waals surface area contributed by atoms with Crippen molar-refractivity contribution in [1.29, 1.82) is 0 Å². The lowest BCUT2D eigenvalue weighted by Gasteiger charge is -2.11. The topological polar surface area (TPSA) is 85.9 Å². The molecule has 29 heavy (non-hydrogen) atoms. The van der Waals surface area contributed by atoms with E-state index in [1.807, 2.05) is 0 Å². The maximum atomic E-state index is 13.3. The van der Waals surface area contributed by atoms with Gasteiger partial charge in [0.25, 0.3) is 5.91 Å². The number of nitrogens with one attached hydrogen (secondary N) is 2. The van der Waals surface area contributed by atoms with Gasteiger partial charge in [0.15, 0.2) is 18.1 Å². The number of amides is 2. The van der Waals surface area contributed by atoms with Crippen molar-refractivity contribution in [3.8, 4) is 17.2 Å². The van der Waals surface area contributed by atoms with E-state index in [0.29, 0.717) is 37.4 Å². The Kier molecular flexibility index (Phi) is 7.13. The normalized spacial score (nSPS) is 12.5. The summed E-state index contributed by atoms with van der Waals surface area (Å²) in [5.41, 5.74) is 0. The van der Waals surface area contributed by atoms with Gasteiger partial charge in [0.05, 0.1) is 5.02 Å². The van der Waals surface area contributed by atoms with Gasteiger partial charge >= 0.3 is 12.2 Å². The van der Waals surface area contributed by atoms with Gasteiger partial charge in [-0.1, -0.05) is 23.7 Å². The Morgan fingerprint density at radius 2 is 1.69 bits per heavy atom. The molecule has 0 unspecified atom stereocenters. The number of rotatable bonds is 9. The first-order valence-electron chi connectivity index (χ1n) is 9.07. The van der Waals surface area contributed by atoms with Crippen LogP contribution in [-0.4, -0.2) is 37.8 Å². The van der Waals surface area contributed by atoms with E-state index in [4.69, 9.17) is 25.8 Å². The molecule has 0 spiro atoms. The molecule has 0 saturated carbocycles. The lowest BCUT2D eigenvalue weighted by Crippen LogP contribution is -2.40. The number of carbonyl (C=O) groups excluding carboxylic acids is 2. The minimum atomic E-state index is -0.984. The monoisotopic (exact) mass is 422 g/mol. The Labute approximate surface area is 172 Å². The second-order valence-corrected chi connectivity index (χ2v) is 6.63. The fraction of sp³-hybridized carbons (Fsp3) is 0.300. The predicted molar refractivity (Wildman–Crippen MR) is 104 cm³/mol. The Hall–Kier alpha value is -3.00. The maximum Gasteiger partial charge on any atom is 0.321 e. The van der Waals surface area contributed by atoms with Crippen LogP contribution in [-0.2, 0) is 9.59 Å². The molecular formula is C20H20ClFN2O5. The number of halogens is 2. The van der Waals surface area contributed by atoms with Gasteiger partial charge in [0, 0.05) is 19.2 Å². The number of ether oxygens (including phenoxy) is 3. The van der Waals surface area contributed by atoms with Gasteiger partial charge in [-0.25, -0.2) is 4.39 Å². The van der Waals surface area contributed by atoms with Crippen LogP contribution in [0.25, 0.3) is 0 Å². The molecular weight excluding hydrogens is 403 g/mol. The van der Waals surface area contributed by atoms with E-state index in [-0.39, 0.29) is 29.2 Å². The minimum Gasteiger partial charge on any atom is -0.484 e. The number of carbonyl (C=O) groups is 2. The molecule has 0 fully saturated rings. The zero-order chi connectivity index (χ0) is 20.6. The van der Waals surface area contributed by atoms with Crippen LogP contribution >= 0.6 is 11.6 Å². The van der Waals surface area contributed by atoms with Gasteiger partial charge < -0.3 is 24.8 Å². The van der Waals surface area contributed by atoms with Gasteiger partial charge in [-0.2, -0.15) is 0 Å². The van der Waals surface area contributed by atoms with Crippen LogP contribution in [0.3, 0.4) is 0 Å². The summed E-state index contributed by atoms with van der Waals surface area (Å²) >= 11 is 5.58. The third-order valence-electron chi connectivity index (χ3n) is 4.02. The molecule has 0 bridgehead atoms. The smallest absolute Gasteiger partial charge is 0.321 e. The molecule has 0 aliphatic carbocycles. The van der Waals surface area contributed by atoms with E-state index >= 15 is 0 Å². The lowest BCUT2D eigenvalue weighted by molar-refractivity contribution is -0.136. The Morgan fingerprint density at radius 1 is 1.03 bits per heavy atom. The average molecular weight is 423 g/mol. The van der Waals surface area contributed by atoms with Crippen molar-refractivity contribution in [3.05, 3.63) is 53.3 Å². The molecule has 1 heterocycles. The van der Waals surface area contributed by atoms with Gasteiger partial charge in [0.1, 0.15) is 11.6 Å². The number of hydrogen-bond donors (Lipinski definition) is 2. The Morgan fingerprint density at radius 3 is 2.34 bits per heavy atom. The molecule has 2 N–H and O–H groups in total. The van der Waals surface area contributed by atoms with Crippen molar-refractivity contribution >= 4 is 23.4 Å². The summed E-state index contributed by atoms with van der Waals surface area (Å²) < 4.78 is 29.3. The molecule has 154 valence electrons. The SMILES string of the molecule is O=C(COc1ccc(Cl)c(F)c1)NCCCCNC(=O)C1Oc2ccccc2O1. The fourth-order valence-corrected chi connectivity index (χ4v) is 2.66. The van der Waals surface area contributed by atoms with Crippen molar-refractivity contribution < 1.29 is 28.2 Å². The van der Waals surface area contributed by atoms with Crippen LogP contribution in [0.1, 0.15) is 12.8 Å². The van der Waals surface area contributed by atoms with E-state index < -0.39 is 12.1 Å². The summed E-state index contributed by atoms with van der Waals surface area (Å²) in [6.45, 7) is 0.623. The molecule has 0 atom stereocenters. The zero-order valence-corrected chi connectivity index (χ0v) is 16.2. The second kappa shape index (κ2) is 9.97. The van der Waals surface area contributed by atoms with Crippen molar-refractivity contribution in [2.75, 3.05) is 19.7 Å². The first-order chi connectivity index (χ1) is 14.0. The zero-order valence-electron chi connectivity index (χ0n) is 15.5. The molecule has 3 rings (SSSR count). The highest BCUT2D eigenvalue weighted by Gasteiger charge is 2.29. The van der Waals surface area contributed by atoms with Crippen molar-refractivity contribution in [2.24, 2.45) is 0 Å². The second-order valence-electron chi connectivity index (χ2n) is 6.23. The minimum absolute atomic E-state index is 0.00973. The molecule has 0 aromatic heterocycles. The lowest BCUT2D eigenvalue weighted by atomic mass is 10.3. The molecule has 2 aromatic carbocycles. The highest BCUT2D eigenvalue weighted by Crippen LogP contribution is 2.33. The third-order valence-corrected chi connectivity index (χ3v) is 4.32. The molecule has 1 aliphatic rings. The van der Waals surface area contributed by atoms with Gasteiger partial charge in [0.2, 0.25) is 0 Å². The predicted octanol–water partition coefficient (Wildman–Crippen LogP) is 2.67. The number of fused-ring (bicyclic) bond motifs is 1. The molecule has 0 radical (unpaired) electrons. The summed E-state index contributed by atoms with van der Waals surface area (Å²) in [6, 6.07) is 11.0. The van der Waals surface area contributed by atoms with Crippen molar-refractivity contribution in [1.82, 2.24) is 10.6 Å². The van der Waals surface area contributed by atoms with Crippen LogP contribution in [0.2, 0.25) is 5.02 Å². The molecule has 7 nitrogen and oxygen atoms in total. The summed E-state index contributed by atoms with van der Waals surface area (Å²) in [5.74, 6) is 0.0220. The van der Waals surface area contributed by atoms with Gasteiger partial charge in [-0.05, 0) is 37.1 Å². The van der Waals surface area contributed by atoms with E-state index in [9.17, 15) is 14.0 Å². The number of para-hydroxylation sites is 2. The largest absolute Gasteiger partial charge is 0.484 e. The van der Waals surface area contributed by atoms with Crippen LogP contribution in [0.5, 0.6) is 17.2 Å². The summed E-state index contributed by atoms with van der Waals surface area (Å²) in [7, 11) is 0. The van der Waals surface area contributed by atoms with E-state index in [2.05, 4.69) is 10.6 Å². The fourth-order valence-electron chi connectivity index (χ4n) is 2.55. The Balaban J connectivity index is 1.24. The summed E-state index contributed by atoms with van der Waals surface area (Å²) in [6.07, 6.45) is 0.338. The average Bonchev–Trinajstić information content (AvgIpc) is 3.15. The van der Waals surface area contributed by atoms with E-state index in [1.54, 1.807) is 24.3 Å². The molecule has 0 saturated heterocycles.